The first-order valence-electron chi connectivity index (χ1n) is 10.2. The molecule has 0 amide bonds. The zero-order valence-electron chi connectivity index (χ0n) is 15.5. The van der Waals surface area contributed by atoms with Gasteiger partial charge >= 0.3 is 0 Å². The summed E-state index contributed by atoms with van der Waals surface area (Å²) < 4.78 is 0. The Labute approximate surface area is 148 Å². The van der Waals surface area contributed by atoms with Crippen LogP contribution in [0.15, 0.2) is 21.9 Å². The van der Waals surface area contributed by atoms with Crippen LogP contribution < -0.4 is 0 Å². The van der Waals surface area contributed by atoms with Crippen LogP contribution in [0, 0.1) is 0 Å². The van der Waals surface area contributed by atoms with Crippen LogP contribution in [-0.2, 0) is 12.8 Å². The van der Waals surface area contributed by atoms with Gasteiger partial charge in [-0.15, -0.1) is 0 Å². The molecule has 0 N–H and O–H groups in total. The third-order valence-corrected chi connectivity index (χ3v) is 6.10. The third-order valence-electron chi connectivity index (χ3n) is 5.07. The molecule has 0 aliphatic carbocycles. The maximum Gasteiger partial charge on any atom is 0.0297 e. The first-order chi connectivity index (χ1) is 11.4. The molecule has 23 heavy (non-hydrogen) atoms. The van der Waals surface area contributed by atoms with Crippen LogP contribution in [-0.4, -0.2) is 0 Å². The number of hydrogen-bond donors (Lipinski definition) is 0. The Morgan fingerprint density at radius 2 is 1.22 bits per heavy atom. The number of benzene rings is 1. The van der Waals surface area contributed by atoms with E-state index in [9.17, 15) is 0 Å². The molecule has 1 aliphatic rings. The molecule has 0 atom stereocenters. The van der Waals surface area contributed by atoms with Crippen molar-refractivity contribution in [3.8, 4) is 0 Å². The van der Waals surface area contributed by atoms with Crippen LogP contribution in [0.5, 0.6) is 0 Å². The topological polar surface area (TPSA) is 0 Å². The first-order valence-corrected chi connectivity index (χ1v) is 11.0. The first kappa shape index (κ1) is 18.9. The number of unbranched alkanes of at least 4 members (excludes halogenated alkanes) is 10. The molecule has 1 aliphatic heterocycles. The van der Waals surface area contributed by atoms with Crippen molar-refractivity contribution < 1.29 is 0 Å². The fraction of sp³-hybridized carbons (Fsp3) is 0.727. The molecule has 0 fully saturated rings. The van der Waals surface area contributed by atoms with Crippen molar-refractivity contribution >= 4 is 11.8 Å². The fourth-order valence-electron chi connectivity index (χ4n) is 3.51. The van der Waals surface area contributed by atoms with Gasteiger partial charge in [0.15, 0.2) is 0 Å². The van der Waals surface area contributed by atoms with Crippen molar-refractivity contribution in [3.05, 3.63) is 23.3 Å². The highest BCUT2D eigenvalue weighted by atomic mass is 32.2. The van der Waals surface area contributed by atoms with Crippen LogP contribution in [0.1, 0.15) is 102 Å². The fourth-order valence-corrected chi connectivity index (χ4v) is 4.37. The van der Waals surface area contributed by atoms with E-state index in [1.165, 1.54) is 89.9 Å². The summed E-state index contributed by atoms with van der Waals surface area (Å²) in [5.41, 5.74) is 3.38. The largest absolute Gasteiger partial charge is 0.0874 e. The van der Waals surface area contributed by atoms with Crippen molar-refractivity contribution in [3.63, 3.8) is 0 Å². The molecule has 0 saturated carbocycles. The molecule has 2 rings (SSSR count). The molecule has 0 unspecified atom stereocenters. The molecule has 1 aromatic carbocycles. The Morgan fingerprint density at radius 3 is 1.91 bits per heavy atom. The summed E-state index contributed by atoms with van der Waals surface area (Å²) in [7, 11) is 0. The van der Waals surface area contributed by atoms with E-state index in [2.05, 4.69) is 26.0 Å². The van der Waals surface area contributed by atoms with E-state index in [0.29, 0.717) is 0 Å². The zero-order chi connectivity index (χ0) is 16.3. The normalized spacial score (nSPS) is 12.4. The van der Waals surface area contributed by atoms with Gasteiger partial charge in [0.05, 0.1) is 0 Å². The molecular formula is C22H36S. The molecule has 1 heterocycles. The highest BCUT2D eigenvalue weighted by Crippen LogP contribution is 2.52. The number of hydrogen-bond acceptors (Lipinski definition) is 1. The highest BCUT2D eigenvalue weighted by molar-refractivity contribution is 8.05. The van der Waals surface area contributed by atoms with Crippen molar-refractivity contribution in [2.45, 2.75) is 114 Å². The summed E-state index contributed by atoms with van der Waals surface area (Å²) in [5, 5.41) is 0. The van der Waals surface area contributed by atoms with E-state index in [1.807, 2.05) is 11.8 Å². The number of rotatable bonds is 14. The van der Waals surface area contributed by atoms with Crippen LogP contribution in [0.2, 0.25) is 0 Å². The van der Waals surface area contributed by atoms with Gasteiger partial charge in [-0.2, -0.15) is 0 Å². The standard InChI is InChI=1S/C22H36S/c1-3-5-7-9-10-11-12-14-16-20-19(15-13-8-6-4-2)17-18-21-22(20)23-21/h17-18H,3-16H2,1-2H3. The third kappa shape index (κ3) is 6.91. The maximum atomic E-state index is 2.42. The van der Waals surface area contributed by atoms with Crippen molar-refractivity contribution in [2.24, 2.45) is 0 Å². The van der Waals surface area contributed by atoms with Gasteiger partial charge in [0, 0.05) is 9.79 Å². The Hall–Kier alpha value is -0.430. The van der Waals surface area contributed by atoms with Gasteiger partial charge in [0.1, 0.15) is 0 Å². The van der Waals surface area contributed by atoms with Crippen molar-refractivity contribution in [1.29, 1.82) is 0 Å². The van der Waals surface area contributed by atoms with Crippen LogP contribution in [0.25, 0.3) is 0 Å². The summed E-state index contributed by atoms with van der Waals surface area (Å²) in [6, 6.07) is 4.78. The predicted octanol–water partition coefficient (Wildman–Crippen LogP) is 7.96. The van der Waals surface area contributed by atoms with Gasteiger partial charge in [-0.1, -0.05) is 95.9 Å². The second kappa shape index (κ2) is 11.2. The summed E-state index contributed by atoms with van der Waals surface area (Å²) in [6.45, 7) is 4.59. The SMILES string of the molecule is CCCCCCCCCCc1c(CCCCCC)ccc2c1S2. The maximum absolute atomic E-state index is 2.42. The minimum absolute atomic E-state index is 1.31. The Kier molecular flexibility index (Phi) is 9.19. The molecule has 1 aromatic rings. The van der Waals surface area contributed by atoms with Gasteiger partial charge in [0.2, 0.25) is 0 Å². The lowest BCUT2D eigenvalue weighted by Gasteiger charge is -2.09. The van der Waals surface area contributed by atoms with E-state index >= 15 is 0 Å². The molecule has 0 bridgehead atoms. The molecular weight excluding hydrogens is 296 g/mol. The van der Waals surface area contributed by atoms with Crippen molar-refractivity contribution in [2.75, 3.05) is 0 Å². The van der Waals surface area contributed by atoms with Gasteiger partial charge in [-0.25, -0.2) is 0 Å². The van der Waals surface area contributed by atoms with E-state index in [4.69, 9.17) is 0 Å². The van der Waals surface area contributed by atoms with Crippen LogP contribution in [0.3, 0.4) is 0 Å². The number of fused-ring (bicyclic) bond motifs is 1. The quantitative estimate of drug-likeness (QED) is 0.250. The summed E-state index contributed by atoms with van der Waals surface area (Å²) in [5.74, 6) is 0. The molecule has 0 saturated heterocycles. The second-order valence-electron chi connectivity index (χ2n) is 7.17. The second-order valence-corrected chi connectivity index (χ2v) is 8.22. The summed E-state index contributed by atoms with van der Waals surface area (Å²) in [4.78, 5) is 3.19. The Bertz CT molecular complexity index is 450. The monoisotopic (exact) mass is 332 g/mol. The molecule has 0 aromatic heterocycles. The lowest BCUT2D eigenvalue weighted by Crippen LogP contribution is -1.95. The highest BCUT2D eigenvalue weighted by Gasteiger charge is 2.24. The van der Waals surface area contributed by atoms with E-state index in [0.717, 1.165) is 0 Å². The predicted molar refractivity (Wildman–Crippen MR) is 105 cm³/mol. The van der Waals surface area contributed by atoms with Crippen molar-refractivity contribution in [1.82, 2.24) is 0 Å². The minimum Gasteiger partial charge on any atom is -0.0874 e. The molecule has 0 radical (unpaired) electrons. The molecule has 1 heteroatoms. The van der Waals surface area contributed by atoms with Crippen LogP contribution in [0.4, 0.5) is 0 Å². The molecule has 0 spiro atoms. The average molecular weight is 333 g/mol. The smallest absolute Gasteiger partial charge is 0.0297 e. The van der Waals surface area contributed by atoms with Gasteiger partial charge in [-0.05, 0) is 42.9 Å². The number of aryl methyl sites for hydroxylation is 1. The molecule has 0 nitrogen and oxygen atoms in total. The average Bonchev–Trinajstić information content (AvgIpc) is 3.35. The molecule has 130 valence electrons. The Balaban J connectivity index is 1.66. The van der Waals surface area contributed by atoms with Gasteiger partial charge in [0.25, 0.3) is 0 Å². The van der Waals surface area contributed by atoms with E-state index in [1.54, 1.807) is 20.9 Å². The van der Waals surface area contributed by atoms with Gasteiger partial charge in [-0.3, -0.25) is 0 Å². The lowest BCUT2D eigenvalue weighted by molar-refractivity contribution is 0.573. The van der Waals surface area contributed by atoms with E-state index in [-0.39, 0.29) is 0 Å². The summed E-state index contributed by atoms with van der Waals surface area (Å²) >= 11 is 2.02. The minimum atomic E-state index is 1.31. The van der Waals surface area contributed by atoms with E-state index < -0.39 is 0 Å². The Morgan fingerprint density at radius 1 is 0.652 bits per heavy atom. The van der Waals surface area contributed by atoms with Gasteiger partial charge < -0.3 is 0 Å². The van der Waals surface area contributed by atoms with Crippen LogP contribution >= 0.6 is 11.8 Å². The summed E-state index contributed by atoms with van der Waals surface area (Å²) in [6.07, 6.45) is 19.5. The zero-order valence-corrected chi connectivity index (χ0v) is 16.3. The lowest BCUT2D eigenvalue weighted by atomic mass is 9.96.